The maximum absolute atomic E-state index is 13.3. The van der Waals surface area contributed by atoms with Crippen molar-refractivity contribution in [2.75, 3.05) is 5.75 Å². The third-order valence-electron chi connectivity index (χ3n) is 5.47. The summed E-state index contributed by atoms with van der Waals surface area (Å²) in [6.07, 6.45) is 1.67. The molecular formula is C23H20FN5O2S. The fourth-order valence-corrected chi connectivity index (χ4v) is 4.88. The quantitative estimate of drug-likeness (QED) is 0.473. The molecule has 7 nitrogen and oxygen atoms in total. The molecule has 4 aromatic rings. The normalized spacial score (nSPS) is 15.1. The summed E-state index contributed by atoms with van der Waals surface area (Å²) < 4.78 is 16.4. The third kappa shape index (κ3) is 3.80. The number of carbonyl (C=O) groups excluding carboxylic acids is 1. The average Bonchev–Trinajstić information content (AvgIpc) is 3.39. The van der Waals surface area contributed by atoms with Crippen molar-refractivity contribution in [3.05, 3.63) is 82.0 Å². The SMILES string of the molecule is Cc1ccc(CNC(=O)CC2CSc3nc4c(cnn4-c4ccc(F)cc4)c(=O)n32)cc1. The molecule has 162 valence electrons. The second kappa shape index (κ2) is 8.23. The van der Waals surface area contributed by atoms with E-state index in [2.05, 4.69) is 15.4 Å². The number of nitrogens with one attached hydrogen (secondary N) is 1. The lowest BCUT2D eigenvalue weighted by atomic mass is 10.1. The summed E-state index contributed by atoms with van der Waals surface area (Å²) in [6.45, 7) is 2.46. The van der Waals surface area contributed by atoms with E-state index in [0.29, 0.717) is 34.2 Å². The molecule has 0 saturated heterocycles. The topological polar surface area (TPSA) is 81.8 Å². The zero-order valence-electron chi connectivity index (χ0n) is 17.3. The highest BCUT2D eigenvalue weighted by atomic mass is 32.2. The van der Waals surface area contributed by atoms with Gasteiger partial charge in [0.15, 0.2) is 10.8 Å². The van der Waals surface area contributed by atoms with Crippen LogP contribution in [0.1, 0.15) is 23.6 Å². The van der Waals surface area contributed by atoms with Crippen molar-refractivity contribution in [2.45, 2.75) is 31.1 Å². The minimum Gasteiger partial charge on any atom is -0.352 e. The summed E-state index contributed by atoms with van der Waals surface area (Å²) in [5.41, 5.74) is 3.01. The van der Waals surface area contributed by atoms with Gasteiger partial charge in [-0.25, -0.2) is 14.1 Å². The molecule has 5 rings (SSSR count). The lowest BCUT2D eigenvalue weighted by molar-refractivity contribution is -0.121. The number of halogens is 1. The summed E-state index contributed by atoms with van der Waals surface area (Å²) in [6, 6.07) is 13.6. The highest BCUT2D eigenvalue weighted by Crippen LogP contribution is 2.33. The van der Waals surface area contributed by atoms with Crippen molar-refractivity contribution in [3.8, 4) is 5.69 Å². The van der Waals surface area contributed by atoms with Gasteiger partial charge >= 0.3 is 0 Å². The first-order valence-corrected chi connectivity index (χ1v) is 11.2. The summed E-state index contributed by atoms with van der Waals surface area (Å²) in [4.78, 5) is 30.4. The van der Waals surface area contributed by atoms with Crippen LogP contribution in [0.25, 0.3) is 16.7 Å². The largest absolute Gasteiger partial charge is 0.352 e. The zero-order chi connectivity index (χ0) is 22.2. The van der Waals surface area contributed by atoms with Crippen LogP contribution < -0.4 is 10.9 Å². The highest BCUT2D eigenvalue weighted by molar-refractivity contribution is 7.99. The van der Waals surface area contributed by atoms with E-state index >= 15 is 0 Å². The third-order valence-corrected chi connectivity index (χ3v) is 6.57. The van der Waals surface area contributed by atoms with E-state index in [1.165, 1.54) is 40.3 Å². The molecule has 0 saturated carbocycles. The predicted octanol–water partition coefficient (Wildman–Crippen LogP) is 3.38. The summed E-state index contributed by atoms with van der Waals surface area (Å²) >= 11 is 1.44. The molecular weight excluding hydrogens is 429 g/mol. The van der Waals surface area contributed by atoms with Crippen molar-refractivity contribution in [3.63, 3.8) is 0 Å². The van der Waals surface area contributed by atoms with Gasteiger partial charge in [-0.2, -0.15) is 5.10 Å². The van der Waals surface area contributed by atoms with E-state index in [4.69, 9.17) is 0 Å². The first-order valence-electron chi connectivity index (χ1n) is 10.2. The van der Waals surface area contributed by atoms with Crippen LogP contribution >= 0.6 is 11.8 Å². The number of carbonyl (C=O) groups is 1. The Hall–Kier alpha value is -3.46. The van der Waals surface area contributed by atoms with Crippen molar-refractivity contribution >= 4 is 28.7 Å². The van der Waals surface area contributed by atoms with Gasteiger partial charge in [-0.05, 0) is 36.8 Å². The van der Waals surface area contributed by atoms with Crippen LogP contribution in [0.2, 0.25) is 0 Å². The molecule has 1 amide bonds. The smallest absolute Gasteiger partial charge is 0.265 e. The Balaban J connectivity index is 1.37. The molecule has 0 bridgehead atoms. The van der Waals surface area contributed by atoms with E-state index in [9.17, 15) is 14.0 Å². The number of rotatable bonds is 5. The maximum atomic E-state index is 13.3. The number of thioether (sulfide) groups is 1. The van der Waals surface area contributed by atoms with E-state index < -0.39 is 0 Å². The second-order valence-electron chi connectivity index (χ2n) is 7.77. The van der Waals surface area contributed by atoms with Crippen LogP contribution in [0.15, 0.2) is 64.7 Å². The fraction of sp³-hybridized carbons (Fsp3) is 0.217. The molecule has 1 N–H and O–H groups in total. The number of nitrogens with zero attached hydrogens (tertiary/aromatic N) is 4. The molecule has 1 aliphatic rings. The molecule has 2 aromatic carbocycles. The van der Waals surface area contributed by atoms with Gasteiger partial charge in [-0.1, -0.05) is 41.6 Å². The first-order chi connectivity index (χ1) is 15.5. The van der Waals surface area contributed by atoms with Crippen LogP contribution in [-0.2, 0) is 11.3 Å². The van der Waals surface area contributed by atoms with E-state index in [1.54, 1.807) is 16.7 Å². The van der Waals surface area contributed by atoms with Gasteiger partial charge in [-0.15, -0.1) is 0 Å². The van der Waals surface area contributed by atoms with Crippen LogP contribution in [0, 0.1) is 12.7 Å². The van der Waals surface area contributed by atoms with Crippen LogP contribution in [0.5, 0.6) is 0 Å². The van der Waals surface area contributed by atoms with Gasteiger partial charge in [0.1, 0.15) is 11.2 Å². The van der Waals surface area contributed by atoms with Gasteiger partial charge in [0.2, 0.25) is 5.91 Å². The minimum atomic E-state index is -0.349. The van der Waals surface area contributed by atoms with Crippen LogP contribution in [0.3, 0.4) is 0 Å². The van der Waals surface area contributed by atoms with Crippen molar-refractivity contribution in [1.29, 1.82) is 0 Å². The second-order valence-corrected chi connectivity index (χ2v) is 8.76. The zero-order valence-corrected chi connectivity index (χ0v) is 18.1. The number of hydrogen-bond donors (Lipinski definition) is 1. The molecule has 0 aliphatic carbocycles. The number of hydrogen-bond acceptors (Lipinski definition) is 5. The highest BCUT2D eigenvalue weighted by Gasteiger charge is 2.29. The monoisotopic (exact) mass is 449 g/mol. The van der Waals surface area contributed by atoms with Gasteiger partial charge in [0, 0.05) is 18.7 Å². The average molecular weight is 450 g/mol. The van der Waals surface area contributed by atoms with E-state index in [1.807, 2.05) is 31.2 Å². The predicted molar refractivity (Wildman–Crippen MR) is 120 cm³/mol. The lowest BCUT2D eigenvalue weighted by Crippen LogP contribution is -2.30. The molecule has 9 heteroatoms. The van der Waals surface area contributed by atoms with Crippen molar-refractivity contribution < 1.29 is 9.18 Å². The Bertz CT molecular complexity index is 1360. The summed E-state index contributed by atoms with van der Waals surface area (Å²) in [7, 11) is 0. The lowest BCUT2D eigenvalue weighted by Gasteiger charge is -2.13. The van der Waals surface area contributed by atoms with Crippen LogP contribution in [-0.4, -0.2) is 31.0 Å². The summed E-state index contributed by atoms with van der Waals surface area (Å²) in [5.74, 6) is 0.132. The Morgan fingerprint density at radius 1 is 1.19 bits per heavy atom. The van der Waals surface area contributed by atoms with Gasteiger partial charge in [0.05, 0.1) is 17.9 Å². The number of aryl methyl sites for hydroxylation is 1. The van der Waals surface area contributed by atoms with E-state index in [0.717, 1.165) is 5.56 Å². The number of aromatic nitrogens is 4. The number of amides is 1. The molecule has 1 aliphatic heterocycles. The first kappa shape index (κ1) is 20.4. The molecule has 0 radical (unpaired) electrons. The van der Waals surface area contributed by atoms with Crippen LogP contribution in [0.4, 0.5) is 4.39 Å². The molecule has 1 atom stereocenters. The minimum absolute atomic E-state index is 0.113. The molecule has 32 heavy (non-hydrogen) atoms. The Kier molecular flexibility index (Phi) is 5.26. The van der Waals surface area contributed by atoms with Gasteiger partial charge in [0.25, 0.3) is 5.56 Å². The maximum Gasteiger partial charge on any atom is 0.265 e. The Morgan fingerprint density at radius 3 is 2.69 bits per heavy atom. The fourth-order valence-electron chi connectivity index (χ4n) is 3.74. The van der Waals surface area contributed by atoms with Crippen molar-refractivity contribution in [1.82, 2.24) is 24.6 Å². The Morgan fingerprint density at radius 2 is 1.94 bits per heavy atom. The molecule has 0 fully saturated rings. The molecule has 1 unspecified atom stereocenters. The number of fused-ring (bicyclic) bond motifs is 2. The van der Waals surface area contributed by atoms with Gasteiger partial charge in [-0.3, -0.25) is 14.2 Å². The molecule has 3 heterocycles. The molecule has 0 spiro atoms. The van der Waals surface area contributed by atoms with Crippen molar-refractivity contribution in [2.24, 2.45) is 0 Å². The van der Waals surface area contributed by atoms with E-state index in [-0.39, 0.29) is 29.7 Å². The number of benzene rings is 2. The Labute approximate surface area is 187 Å². The standard InChI is InChI=1S/C23H20FN5O2S/c1-14-2-4-15(5-3-14)11-25-20(30)10-18-13-32-23-27-21-19(22(31)28(18)23)12-26-29(21)17-8-6-16(24)7-9-17/h2-9,12,18H,10-11,13H2,1H3,(H,25,30). The summed E-state index contributed by atoms with van der Waals surface area (Å²) in [5, 5.41) is 8.14. The molecule has 2 aromatic heterocycles. The van der Waals surface area contributed by atoms with Gasteiger partial charge < -0.3 is 5.32 Å².